The summed E-state index contributed by atoms with van der Waals surface area (Å²) >= 11 is 0. The average molecular weight is 290 g/mol. The van der Waals surface area contributed by atoms with Gasteiger partial charge in [-0.3, -0.25) is 4.79 Å². The zero-order chi connectivity index (χ0) is 15.1. The minimum absolute atomic E-state index is 0.135. The van der Waals surface area contributed by atoms with Gasteiger partial charge in [-0.05, 0) is 49.4 Å². The molecule has 1 aromatic carbocycles. The molecule has 1 aromatic rings. The van der Waals surface area contributed by atoms with Gasteiger partial charge in [-0.25, -0.2) is 0 Å². The Bertz CT molecular complexity index is 445. The summed E-state index contributed by atoms with van der Waals surface area (Å²) in [5.74, 6) is 1.43. The first-order valence-corrected chi connectivity index (χ1v) is 7.85. The maximum Gasteiger partial charge on any atom is 0.220 e. The van der Waals surface area contributed by atoms with Crippen LogP contribution in [0.2, 0.25) is 0 Å². The van der Waals surface area contributed by atoms with Gasteiger partial charge in [0, 0.05) is 12.5 Å². The Balaban J connectivity index is 1.78. The van der Waals surface area contributed by atoms with E-state index in [2.05, 4.69) is 5.32 Å². The Morgan fingerprint density at radius 3 is 2.67 bits per heavy atom. The van der Waals surface area contributed by atoms with Gasteiger partial charge < -0.3 is 15.8 Å². The fourth-order valence-corrected chi connectivity index (χ4v) is 3.01. The number of nitrogens with one attached hydrogen (secondary N) is 1. The van der Waals surface area contributed by atoms with Crippen LogP contribution in [0, 0.1) is 5.92 Å². The number of ether oxygens (including phenoxy) is 1. The van der Waals surface area contributed by atoms with Crippen molar-refractivity contribution in [1.82, 2.24) is 5.32 Å². The van der Waals surface area contributed by atoms with E-state index in [9.17, 15) is 4.79 Å². The van der Waals surface area contributed by atoms with E-state index in [4.69, 9.17) is 10.5 Å². The lowest BCUT2D eigenvalue weighted by Crippen LogP contribution is -2.44. The maximum atomic E-state index is 12.1. The number of methoxy groups -OCH3 is 1. The summed E-state index contributed by atoms with van der Waals surface area (Å²) in [4.78, 5) is 12.1. The molecule has 2 atom stereocenters. The Labute approximate surface area is 127 Å². The standard InChI is InChI=1S/C17H26N2O2/c1-21-15-9-6-13(7-10-15)8-11-17(20)19-16-5-3-2-4-14(16)12-18/h6-7,9-10,14,16H,2-5,8,11-12,18H2,1H3,(H,19,20). The third-order valence-electron chi connectivity index (χ3n) is 4.36. The Hall–Kier alpha value is -1.55. The smallest absolute Gasteiger partial charge is 0.220 e. The van der Waals surface area contributed by atoms with Gasteiger partial charge in [-0.2, -0.15) is 0 Å². The number of hydrogen-bond acceptors (Lipinski definition) is 3. The number of nitrogens with two attached hydrogens (primary N) is 1. The van der Waals surface area contributed by atoms with Gasteiger partial charge in [0.25, 0.3) is 0 Å². The normalized spacial score (nSPS) is 21.8. The predicted molar refractivity (Wildman–Crippen MR) is 84.3 cm³/mol. The second-order valence-electron chi connectivity index (χ2n) is 5.80. The van der Waals surface area contributed by atoms with Crippen LogP contribution in [0.3, 0.4) is 0 Å². The molecular weight excluding hydrogens is 264 g/mol. The molecule has 0 saturated heterocycles. The van der Waals surface area contributed by atoms with Crippen LogP contribution < -0.4 is 15.8 Å². The number of amides is 1. The van der Waals surface area contributed by atoms with E-state index in [0.717, 1.165) is 30.6 Å². The molecule has 4 heteroatoms. The fourth-order valence-electron chi connectivity index (χ4n) is 3.01. The largest absolute Gasteiger partial charge is 0.497 e. The van der Waals surface area contributed by atoms with Crippen LogP contribution in [0.1, 0.15) is 37.7 Å². The van der Waals surface area contributed by atoms with Crippen molar-refractivity contribution in [3.05, 3.63) is 29.8 Å². The molecule has 21 heavy (non-hydrogen) atoms. The van der Waals surface area contributed by atoms with Crippen LogP contribution in [0.4, 0.5) is 0 Å². The lowest BCUT2D eigenvalue weighted by Gasteiger charge is -2.31. The highest BCUT2D eigenvalue weighted by molar-refractivity contribution is 5.76. The highest BCUT2D eigenvalue weighted by Crippen LogP contribution is 2.23. The van der Waals surface area contributed by atoms with Crippen LogP contribution in [0.15, 0.2) is 24.3 Å². The van der Waals surface area contributed by atoms with Gasteiger partial charge in [0.15, 0.2) is 0 Å². The molecule has 1 saturated carbocycles. The van der Waals surface area contributed by atoms with Gasteiger partial charge >= 0.3 is 0 Å². The molecule has 3 N–H and O–H groups in total. The number of carbonyl (C=O) groups excluding carboxylic acids is 1. The number of aryl methyl sites for hydroxylation is 1. The van der Waals surface area contributed by atoms with Crippen LogP contribution in [-0.2, 0) is 11.2 Å². The SMILES string of the molecule is COc1ccc(CCC(=O)NC2CCCCC2CN)cc1. The third-order valence-corrected chi connectivity index (χ3v) is 4.36. The van der Waals surface area contributed by atoms with E-state index < -0.39 is 0 Å². The van der Waals surface area contributed by atoms with E-state index in [1.807, 2.05) is 24.3 Å². The van der Waals surface area contributed by atoms with Crippen LogP contribution in [0.25, 0.3) is 0 Å². The summed E-state index contributed by atoms with van der Waals surface area (Å²) in [6.45, 7) is 0.670. The Kier molecular flexibility index (Phi) is 6.05. The molecule has 1 aliphatic carbocycles. The molecule has 0 aromatic heterocycles. The van der Waals surface area contributed by atoms with E-state index in [-0.39, 0.29) is 11.9 Å². The van der Waals surface area contributed by atoms with Crippen molar-refractivity contribution in [1.29, 1.82) is 0 Å². The van der Waals surface area contributed by atoms with Gasteiger partial charge in [-0.1, -0.05) is 25.0 Å². The number of rotatable bonds is 6. The molecule has 4 nitrogen and oxygen atoms in total. The van der Waals surface area contributed by atoms with Crippen LogP contribution in [-0.4, -0.2) is 25.6 Å². The number of carbonyl (C=O) groups is 1. The highest BCUT2D eigenvalue weighted by atomic mass is 16.5. The first kappa shape index (κ1) is 15.8. The minimum Gasteiger partial charge on any atom is -0.497 e. The van der Waals surface area contributed by atoms with Gasteiger partial charge in [0.05, 0.1) is 7.11 Å². The summed E-state index contributed by atoms with van der Waals surface area (Å²) < 4.78 is 5.13. The molecular formula is C17H26N2O2. The molecule has 2 unspecified atom stereocenters. The summed E-state index contributed by atoms with van der Waals surface area (Å²) in [6.07, 6.45) is 5.92. The van der Waals surface area contributed by atoms with E-state index in [0.29, 0.717) is 18.9 Å². The lowest BCUT2D eigenvalue weighted by molar-refractivity contribution is -0.122. The van der Waals surface area contributed by atoms with Crippen molar-refractivity contribution in [2.45, 2.75) is 44.6 Å². The molecule has 1 amide bonds. The van der Waals surface area contributed by atoms with Crippen LogP contribution >= 0.6 is 0 Å². The van der Waals surface area contributed by atoms with Crippen molar-refractivity contribution in [3.63, 3.8) is 0 Å². The molecule has 116 valence electrons. The monoisotopic (exact) mass is 290 g/mol. The molecule has 0 bridgehead atoms. The van der Waals surface area contributed by atoms with Crippen molar-refractivity contribution in [3.8, 4) is 5.75 Å². The second kappa shape index (κ2) is 8.03. The molecule has 1 fully saturated rings. The summed E-state index contributed by atoms with van der Waals surface area (Å²) in [7, 11) is 1.65. The van der Waals surface area contributed by atoms with Gasteiger partial charge in [0.2, 0.25) is 5.91 Å². The van der Waals surface area contributed by atoms with Crippen molar-refractivity contribution in [2.75, 3.05) is 13.7 Å². The highest BCUT2D eigenvalue weighted by Gasteiger charge is 2.24. The zero-order valence-electron chi connectivity index (χ0n) is 12.8. The summed E-state index contributed by atoms with van der Waals surface area (Å²) in [5.41, 5.74) is 6.96. The van der Waals surface area contributed by atoms with Crippen molar-refractivity contribution < 1.29 is 9.53 Å². The predicted octanol–water partition coefficient (Wildman–Crippen LogP) is 2.26. The molecule has 0 aliphatic heterocycles. The van der Waals surface area contributed by atoms with E-state index in [1.165, 1.54) is 12.8 Å². The minimum atomic E-state index is 0.135. The van der Waals surface area contributed by atoms with Gasteiger partial charge in [0.1, 0.15) is 5.75 Å². The summed E-state index contributed by atoms with van der Waals surface area (Å²) in [5, 5.41) is 3.17. The second-order valence-corrected chi connectivity index (χ2v) is 5.80. The summed E-state index contributed by atoms with van der Waals surface area (Å²) in [6, 6.07) is 8.15. The van der Waals surface area contributed by atoms with Crippen LogP contribution in [0.5, 0.6) is 5.75 Å². The first-order valence-electron chi connectivity index (χ1n) is 7.85. The quantitative estimate of drug-likeness (QED) is 0.844. The topological polar surface area (TPSA) is 64.3 Å². The first-order chi connectivity index (χ1) is 10.2. The molecule has 0 spiro atoms. The molecule has 1 aliphatic rings. The molecule has 0 heterocycles. The average Bonchev–Trinajstić information content (AvgIpc) is 2.54. The van der Waals surface area contributed by atoms with Crippen molar-refractivity contribution >= 4 is 5.91 Å². The zero-order valence-corrected chi connectivity index (χ0v) is 12.8. The van der Waals surface area contributed by atoms with Gasteiger partial charge in [-0.15, -0.1) is 0 Å². The Morgan fingerprint density at radius 2 is 2.00 bits per heavy atom. The van der Waals surface area contributed by atoms with E-state index in [1.54, 1.807) is 7.11 Å². The lowest BCUT2D eigenvalue weighted by atomic mass is 9.84. The number of benzene rings is 1. The van der Waals surface area contributed by atoms with E-state index >= 15 is 0 Å². The molecule has 2 rings (SSSR count). The third kappa shape index (κ3) is 4.74. The Morgan fingerprint density at radius 1 is 1.29 bits per heavy atom. The van der Waals surface area contributed by atoms with Crippen molar-refractivity contribution in [2.24, 2.45) is 11.7 Å². The molecule has 0 radical (unpaired) electrons. The number of hydrogen-bond donors (Lipinski definition) is 2. The maximum absolute atomic E-state index is 12.1. The fraction of sp³-hybridized carbons (Fsp3) is 0.588.